The lowest BCUT2D eigenvalue weighted by Crippen LogP contribution is -1.72. The lowest BCUT2D eigenvalue weighted by atomic mass is 10.3. The normalized spacial score (nSPS) is 10.8. The molecule has 47 valence electrons. The van der Waals surface area contributed by atoms with E-state index in [9.17, 15) is 0 Å². The smallest absolute Gasteiger partial charge is 0.00235 e. The summed E-state index contributed by atoms with van der Waals surface area (Å²) in [7, 11) is 0. The zero-order valence-electron chi connectivity index (χ0n) is 5.39. The van der Waals surface area contributed by atoms with E-state index in [1.807, 2.05) is 0 Å². The molecule has 8 heavy (non-hydrogen) atoms. The molecule has 0 aliphatic carbocycles. The molecule has 0 aromatic carbocycles. The Morgan fingerprint density at radius 2 is 2.38 bits per heavy atom. The van der Waals surface area contributed by atoms with Crippen LogP contribution in [0.15, 0.2) is 12.2 Å². The van der Waals surface area contributed by atoms with E-state index < -0.39 is 0 Å². The summed E-state index contributed by atoms with van der Waals surface area (Å²) in [6.07, 6.45) is 10.4. The Morgan fingerprint density at radius 3 is 2.88 bits per heavy atom. The number of unbranched alkanes of at least 4 members (excludes halogenated alkanes) is 1. The molecule has 0 aliphatic heterocycles. The number of hydrogen-bond acceptors (Lipinski definition) is 1. The minimum atomic E-state index is 1.18. The van der Waals surface area contributed by atoms with Gasteiger partial charge in [0.25, 0.3) is 0 Å². The zero-order chi connectivity index (χ0) is 6.24. The fourth-order valence-corrected chi connectivity index (χ4v) is 0.841. The molecule has 0 aliphatic rings. The highest BCUT2D eigenvalue weighted by Gasteiger charge is 1.78. The largest absolute Gasteiger partial charge is 0.161 e. The van der Waals surface area contributed by atoms with Crippen LogP contribution in [0, 0.1) is 6.26 Å². The molecule has 0 unspecified atom stereocenters. The van der Waals surface area contributed by atoms with E-state index in [1.54, 1.807) is 11.8 Å². The van der Waals surface area contributed by atoms with Gasteiger partial charge in [0.1, 0.15) is 0 Å². The van der Waals surface area contributed by atoms with Gasteiger partial charge in [-0.2, -0.15) is 11.8 Å². The van der Waals surface area contributed by atoms with E-state index in [4.69, 9.17) is 0 Å². The van der Waals surface area contributed by atoms with E-state index >= 15 is 0 Å². The molecule has 0 saturated heterocycles. The minimum absolute atomic E-state index is 1.18. The second kappa shape index (κ2) is 7.09. The van der Waals surface area contributed by atoms with Crippen LogP contribution in [0.5, 0.6) is 0 Å². The molecule has 0 nitrogen and oxygen atoms in total. The molecule has 1 heteroatoms. The Hall–Kier alpha value is 0.0900. The third-order valence-corrected chi connectivity index (χ3v) is 1.47. The Morgan fingerprint density at radius 1 is 1.62 bits per heavy atom. The first kappa shape index (κ1) is 8.09. The van der Waals surface area contributed by atoms with Crippen molar-refractivity contribution in [1.29, 1.82) is 0 Å². The van der Waals surface area contributed by atoms with Gasteiger partial charge in [-0.1, -0.05) is 12.2 Å². The Balaban J connectivity index is 2.72. The van der Waals surface area contributed by atoms with Crippen molar-refractivity contribution in [3.05, 3.63) is 18.4 Å². The van der Waals surface area contributed by atoms with E-state index in [0.717, 1.165) is 0 Å². The lowest BCUT2D eigenvalue weighted by molar-refractivity contribution is 0.972. The molecule has 0 heterocycles. The van der Waals surface area contributed by atoms with Crippen molar-refractivity contribution >= 4 is 11.8 Å². The molecule has 0 bridgehead atoms. The fourth-order valence-electron chi connectivity index (χ4n) is 0.470. The molecular formula is C7H13S. The molecule has 0 aromatic rings. The summed E-state index contributed by atoms with van der Waals surface area (Å²) >= 11 is 1.67. The average Bonchev–Trinajstić information content (AvgIpc) is 1.81. The van der Waals surface area contributed by atoms with Crippen LogP contribution in [0.25, 0.3) is 0 Å². The zero-order valence-corrected chi connectivity index (χ0v) is 6.21. The van der Waals surface area contributed by atoms with Gasteiger partial charge in [0.05, 0.1) is 0 Å². The molecule has 0 fully saturated rings. The van der Waals surface area contributed by atoms with Gasteiger partial charge in [0, 0.05) is 6.26 Å². The number of thioether (sulfide) groups is 1. The Kier molecular flexibility index (Phi) is 7.17. The van der Waals surface area contributed by atoms with Gasteiger partial charge in [-0.15, -0.1) is 0 Å². The third kappa shape index (κ3) is 6.09. The fraction of sp³-hybridized carbons (Fsp3) is 0.571. The predicted molar refractivity (Wildman–Crippen MR) is 41.9 cm³/mol. The topological polar surface area (TPSA) is 0 Å². The van der Waals surface area contributed by atoms with Crippen LogP contribution in [0.1, 0.15) is 19.8 Å². The Labute approximate surface area is 56.4 Å². The Bertz CT molecular complexity index is 57.4. The van der Waals surface area contributed by atoms with Crippen molar-refractivity contribution in [3.63, 3.8) is 0 Å². The number of hydrogen-bond donors (Lipinski definition) is 0. The summed E-state index contributed by atoms with van der Waals surface area (Å²) in [4.78, 5) is 0. The molecule has 0 rings (SSSR count). The predicted octanol–water partition coefficient (Wildman–Crippen LogP) is 2.87. The first-order valence-electron chi connectivity index (χ1n) is 2.90. The summed E-state index contributed by atoms with van der Waals surface area (Å²) < 4.78 is 0. The second-order valence-corrected chi connectivity index (χ2v) is 2.44. The van der Waals surface area contributed by atoms with Crippen LogP contribution < -0.4 is 0 Å². The van der Waals surface area contributed by atoms with Crippen LogP contribution in [-0.2, 0) is 0 Å². The molecule has 0 amide bonds. The standard InChI is InChI=1S/C7H13S/c1-3-4-5-6-7-8-2/h3-4H,2,5-7H2,1H3/b4-3+. The average molecular weight is 129 g/mol. The van der Waals surface area contributed by atoms with Crippen molar-refractivity contribution < 1.29 is 0 Å². The number of allylic oxidation sites excluding steroid dienone is 2. The highest BCUT2D eigenvalue weighted by atomic mass is 32.2. The highest BCUT2D eigenvalue weighted by molar-refractivity contribution is 8.00. The summed E-state index contributed by atoms with van der Waals surface area (Å²) in [5.41, 5.74) is 0. The highest BCUT2D eigenvalue weighted by Crippen LogP contribution is 2.00. The molecule has 0 N–H and O–H groups in total. The van der Waals surface area contributed by atoms with Crippen molar-refractivity contribution in [2.45, 2.75) is 19.8 Å². The van der Waals surface area contributed by atoms with Crippen LogP contribution in [0.3, 0.4) is 0 Å². The van der Waals surface area contributed by atoms with Gasteiger partial charge in [0.2, 0.25) is 0 Å². The summed E-state index contributed by atoms with van der Waals surface area (Å²) in [6, 6.07) is 0. The maximum absolute atomic E-state index is 3.68. The van der Waals surface area contributed by atoms with Crippen LogP contribution in [0.4, 0.5) is 0 Å². The first-order chi connectivity index (χ1) is 3.91. The van der Waals surface area contributed by atoms with Crippen LogP contribution >= 0.6 is 11.8 Å². The monoisotopic (exact) mass is 129 g/mol. The van der Waals surface area contributed by atoms with Crippen molar-refractivity contribution in [3.8, 4) is 0 Å². The number of rotatable bonds is 4. The van der Waals surface area contributed by atoms with Gasteiger partial charge in [-0.3, -0.25) is 0 Å². The van der Waals surface area contributed by atoms with Gasteiger partial charge in [0.15, 0.2) is 0 Å². The van der Waals surface area contributed by atoms with Crippen LogP contribution in [0.2, 0.25) is 0 Å². The quantitative estimate of drug-likeness (QED) is 0.415. The SMILES string of the molecule is [CH2]SCCC/C=C/C. The molecule has 0 aromatic heterocycles. The van der Waals surface area contributed by atoms with Gasteiger partial charge >= 0.3 is 0 Å². The molecule has 0 spiro atoms. The molecule has 0 atom stereocenters. The van der Waals surface area contributed by atoms with Crippen molar-refractivity contribution in [2.24, 2.45) is 0 Å². The van der Waals surface area contributed by atoms with E-state index in [-0.39, 0.29) is 0 Å². The van der Waals surface area contributed by atoms with Gasteiger partial charge < -0.3 is 0 Å². The molecular weight excluding hydrogens is 116 g/mol. The van der Waals surface area contributed by atoms with Gasteiger partial charge in [-0.05, 0) is 25.5 Å². The summed E-state index contributed by atoms with van der Waals surface area (Å²) in [6.45, 7) is 2.05. The third-order valence-electron chi connectivity index (χ3n) is 0.895. The maximum atomic E-state index is 3.68. The second-order valence-electron chi connectivity index (χ2n) is 1.62. The van der Waals surface area contributed by atoms with Crippen molar-refractivity contribution in [2.75, 3.05) is 5.75 Å². The van der Waals surface area contributed by atoms with Gasteiger partial charge in [-0.25, -0.2) is 0 Å². The van der Waals surface area contributed by atoms with E-state index in [2.05, 4.69) is 25.3 Å². The van der Waals surface area contributed by atoms with Crippen molar-refractivity contribution in [1.82, 2.24) is 0 Å². The molecule has 0 saturated carbocycles. The van der Waals surface area contributed by atoms with E-state index in [1.165, 1.54) is 18.6 Å². The van der Waals surface area contributed by atoms with E-state index in [0.29, 0.717) is 0 Å². The summed E-state index contributed by atoms with van der Waals surface area (Å²) in [5, 5.41) is 0. The first-order valence-corrected chi connectivity index (χ1v) is 4.05. The van der Waals surface area contributed by atoms with Crippen LogP contribution in [-0.4, -0.2) is 5.75 Å². The minimum Gasteiger partial charge on any atom is -0.161 e. The lowest BCUT2D eigenvalue weighted by Gasteiger charge is -1.88. The maximum Gasteiger partial charge on any atom is 0.00235 e. The molecule has 1 radical (unpaired) electrons. The summed E-state index contributed by atoms with van der Waals surface area (Å²) in [5.74, 6) is 1.18.